The molecule has 38 heavy (non-hydrogen) atoms. The van der Waals surface area contributed by atoms with E-state index in [1.165, 1.54) is 0 Å². The molecule has 0 aromatic heterocycles. The first-order chi connectivity index (χ1) is 18.3. The van der Waals surface area contributed by atoms with E-state index in [0.717, 1.165) is 55.5 Å². The maximum atomic E-state index is 14.3. The second-order valence-electron chi connectivity index (χ2n) is 12.1. The number of ether oxygens (including phenoxy) is 4. The van der Waals surface area contributed by atoms with Gasteiger partial charge in [-0.1, -0.05) is 51.0 Å². The summed E-state index contributed by atoms with van der Waals surface area (Å²) in [4.78, 5) is 27.8. The molecular weight excluding hydrogens is 480 g/mol. The van der Waals surface area contributed by atoms with Gasteiger partial charge in [0.25, 0.3) is 0 Å². The first-order valence-corrected chi connectivity index (χ1v) is 14.3. The van der Waals surface area contributed by atoms with Gasteiger partial charge in [0.05, 0.1) is 13.2 Å². The summed E-state index contributed by atoms with van der Waals surface area (Å²) in [6, 6.07) is 7.58. The van der Waals surface area contributed by atoms with Gasteiger partial charge in [0.15, 0.2) is 0 Å². The van der Waals surface area contributed by atoms with Crippen molar-refractivity contribution < 1.29 is 28.5 Å². The van der Waals surface area contributed by atoms with Gasteiger partial charge in [0, 0.05) is 26.2 Å². The highest BCUT2D eigenvalue weighted by molar-refractivity contribution is 5.89. The van der Waals surface area contributed by atoms with Gasteiger partial charge in [0.1, 0.15) is 24.1 Å². The topological polar surface area (TPSA) is 71.1 Å². The number of unbranched alkanes of at least 4 members (excludes halogenated alkanes) is 1. The second kappa shape index (κ2) is 11.9. The third-order valence-electron chi connectivity index (χ3n) is 9.95. The number of carbonyl (C=O) groups is 2. The lowest BCUT2D eigenvalue weighted by molar-refractivity contribution is -0.167. The number of esters is 1. The second-order valence-corrected chi connectivity index (χ2v) is 12.1. The Bertz CT molecular complexity index is 1000. The van der Waals surface area contributed by atoms with Gasteiger partial charge >= 0.3 is 5.97 Å². The largest absolute Gasteiger partial charge is 0.497 e. The fourth-order valence-corrected chi connectivity index (χ4v) is 8.21. The molecule has 0 spiro atoms. The van der Waals surface area contributed by atoms with E-state index in [2.05, 4.69) is 26.8 Å². The number of aldehydes is 1. The number of methoxy groups -OCH3 is 3. The third-order valence-corrected chi connectivity index (χ3v) is 9.95. The zero-order valence-electron chi connectivity index (χ0n) is 24.0. The Morgan fingerprint density at radius 1 is 1.11 bits per heavy atom. The summed E-state index contributed by atoms with van der Waals surface area (Å²) in [6.45, 7) is 7.45. The molecule has 6 nitrogen and oxygen atoms in total. The third kappa shape index (κ3) is 4.83. The molecule has 1 aromatic rings. The lowest BCUT2D eigenvalue weighted by Gasteiger charge is -2.49. The zero-order chi connectivity index (χ0) is 27.5. The molecule has 3 aliphatic carbocycles. The Morgan fingerprint density at radius 2 is 1.84 bits per heavy atom. The number of hydrogen-bond donors (Lipinski definition) is 0. The van der Waals surface area contributed by atoms with Crippen molar-refractivity contribution in [2.45, 2.75) is 72.0 Å². The van der Waals surface area contributed by atoms with Gasteiger partial charge in [-0.15, -0.1) is 0 Å². The van der Waals surface area contributed by atoms with Gasteiger partial charge in [-0.25, -0.2) is 0 Å². The average molecular weight is 527 g/mol. The molecular formula is C32H46O6. The Labute approximate surface area is 228 Å². The molecule has 2 saturated carbocycles. The van der Waals surface area contributed by atoms with Crippen molar-refractivity contribution in [2.24, 2.45) is 40.4 Å². The van der Waals surface area contributed by atoms with Crippen molar-refractivity contribution >= 4 is 12.3 Å². The number of hydrogen-bond acceptors (Lipinski definition) is 6. The lowest BCUT2D eigenvalue weighted by atomic mass is 9.52. The number of fused-ring (bicyclic) bond motifs is 2. The molecule has 2 bridgehead atoms. The van der Waals surface area contributed by atoms with E-state index in [4.69, 9.17) is 18.9 Å². The Balaban J connectivity index is 1.68. The Hall–Kier alpha value is -2.18. The average Bonchev–Trinajstić information content (AvgIpc) is 3.58. The molecule has 6 heteroatoms. The molecule has 2 fully saturated rings. The molecule has 0 N–H and O–H groups in total. The molecule has 0 saturated heterocycles. The van der Waals surface area contributed by atoms with Crippen LogP contribution in [0, 0.1) is 40.4 Å². The van der Waals surface area contributed by atoms with Crippen LogP contribution in [0.2, 0.25) is 0 Å². The molecule has 0 aliphatic heterocycles. The predicted molar refractivity (Wildman–Crippen MR) is 147 cm³/mol. The van der Waals surface area contributed by atoms with Gasteiger partial charge < -0.3 is 23.7 Å². The van der Waals surface area contributed by atoms with Crippen LogP contribution in [0.25, 0.3) is 0 Å². The molecule has 3 aliphatic rings. The van der Waals surface area contributed by atoms with Crippen LogP contribution in [0.4, 0.5) is 0 Å². The summed E-state index contributed by atoms with van der Waals surface area (Å²) in [7, 11) is 5.14. The number of rotatable bonds is 13. The van der Waals surface area contributed by atoms with E-state index >= 15 is 0 Å². The normalized spacial score (nSPS) is 34.0. The van der Waals surface area contributed by atoms with Crippen LogP contribution in [-0.2, 0) is 30.4 Å². The SMILES string of the molecule is COCCCCC1C(C)C(OC)CC1C1(C=O)CC2C=C(C(C)C)C1(C(=O)OCc1ccc(OC)cc1)C2. The van der Waals surface area contributed by atoms with Crippen molar-refractivity contribution in [1.82, 2.24) is 0 Å². The highest BCUT2D eigenvalue weighted by Crippen LogP contribution is 2.71. The highest BCUT2D eigenvalue weighted by atomic mass is 16.5. The minimum absolute atomic E-state index is 0.0727. The zero-order valence-corrected chi connectivity index (χ0v) is 24.0. The van der Waals surface area contributed by atoms with Crippen LogP contribution >= 0.6 is 0 Å². The number of allylic oxidation sites excluding steroid dienone is 1. The van der Waals surface area contributed by atoms with Crippen LogP contribution in [-0.4, -0.2) is 46.3 Å². The van der Waals surface area contributed by atoms with Crippen LogP contribution in [0.5, 0.6) is 5.75 Å². The molecule has 1 aromatic carbocycles. The monoisotopic (exact) mass is 526 g/mol. The van der Waals surface area contributed by atoms with Gasteiger partial charge in [0.2, 0.25) is 0 Å². The minimum atomic E-state index is -0.919. The van der Waals surface area contributed by atoms with Crippen LogP contribution < -0.4 is 4.74 Å². The quantitative estimate of drug-likeness (QED) is 0.135. The predicted octanol–water partition coefficient (Wildman–Crippen LogP) is 6.02. The van der Waals surface area contributed by atoms with Gasteiger partial charge in [-0.3, -0.25) is 4.79 Å². The summed E-state index contributed by atoms with van der Waals surface area (Å²) in [5.41, 5.74) is 0.293. The summed E-state index contributed by atoms with van der Waals surface area (Å²) < 4.78 is 22.6. The van der Waals surface area contributed by atoms with Crippen molar-refractivity contribution in [2.75, 3.05) is 27.9 Å². The van der Waals surface area contributed by atoms with E-state index in [9.17, 15) is 9.59 Å². The highest BCUT2D eigenvalue weighted by Gasteiger charge is 2.72. The maximum Gasteiger partial charge on any atom is 0.317 e. The van der Waals surface area contributed by atoms with E-state index in [1.54, 1.807) is 21.3 Å². The number of carbonyl (C=O) groups excluding carboxylic acids is 2. The minimum Gasteiger partial charge on any atom is -0.497 e. The molecule has 7 atom stereocenters. The van der Waals surface area contributed by atoms with Crippen LogP contribution in [0.3, 0.4) is 0 Å². The lowest BCUT2D eigenvalue weighted by Crippen LogP contribution is -2.53. The molecule has 0 amide bonds. The molecule has 210 valence electrons. The van der Waals surface area contributed by atoms with Gasteiger partial charge in [-0.2, -0.15) is 0 Å². The Morgan fingerprint density at radius 3 is 2.45 bits per heavy atom. The van der Waals surface area contributed by atoms with E-state index < -0.39 is 10.8 Å². The van der Waals surface area contributed by atoms with Crippen LogP contribution in [0.15, 0.2) is 35.9 Å². The molecule has 4 rings (SSSR count). The van der Waals surface area contributed by atoms with Crippen molar-refractivity contribution in [3.63, 3.8) is 0 Å². The molecule has 0 radical (unpaired) electrons. The fourth-order valence-electron chi connectivity index (χ4n) is 8.21. The number of benzene rings is 1. The van der Waals surface area contributed by atoms with Crippen molar-refractivity contribution in [1.29, 1.82) is 0 Å². The summed E-state index contributed by atoms with van der Waals surface area (Å²) in [5, 5.41) is 0. The van der Waals surface area contributed by atoms with Gasteiger partial charge in [-0.05, 0) is 79.4 Å². The van der Waals surface area contributed by atoms with E-state index in [-0.39, 0.29) is 36.4 Å². The maximum absolute atomic E-state index is 14.3. The first-order valence-electron chi connectivity index (χ1n) is 14.3. The Kier molecular flexibility index (Phi) is 9.03. The van der Waals surface area contributed by atoms with E-state index in [1.807, 2.05) is 24.3 Å². The van der Waals surface area contributed by atoms with Crippen molar-refractivity contribution in [3.8, 4) is 5.75 Å². The smallest absolute Gasteiger partial charge is 0.317 e. The fraction of sp³-hybridized carbons (Fsp3) is 0.688. The summed E-state index contributed by atoms with van der Waals surface area (Å²) >= 11 is 0. The summed E-state index contributed by atoms with van der Waals surface area (Å²) in [6.07, 6.45) is 8.75. The standard InChI is InChI=1S/C32H46O6/c1-21(2)27-15-24-17-31(20-33,28-16-29(37-6)22(3)26(28)9-7-8-14-35-4)32(27,18-24)30(34)38-19-23-10-12-25(36-5)13-11-23/h10-13,15,20-22,24,26,28-29H,7-9,14,16-19H2,1-6H3. The van der Waals surface area contributed by atoms with Crippen LogP contribution in [0.1, 0.15) is 64.9 Å². The van der Waals surface area contributed by atoms with E-state index in [0.29, 0.717) is 24.7 Å². The molecule has 7 unspecified atom stereocenters. The molecule has 0 heterocycles. The van der Waals surface area contributed by atoms with Crippen molar-refractivity contribution in [3.05, 3.63) is 41.5 Å². The first kappa shape index (κ1) is 28.8. The summed E-state index contributed by atoms with van der Waals surface area (Å²) in [5.74, 6) is 1.60.